The molecule has 0 N–H and O–H groups in total. The first kappa shape index (κ1) is 20.4. The molecule has 0 saturated heterocycles. The van der Waals surface area contributed by atoms with Gasteiger partial charge in [0.25, 0.3) is 0 Å². The van der Waals surface area contributed by atoms with Crippen molar-refractivity contribution in [2.45, 2.75) is 69.9 Å². The van der Waals surface area contributed by atoms with E-state index in [1.807, 2.05) is 0 Å². The van der Waals surface area contributed by atoms with E-state index in [-0.39, 0.29) is 6.42 Å². The van der Waals surface area contributed by atoms with Crippen LogP contribution in [0.5, 0.6) is 0 Å². The lowest BCUT2D eigenvalue weighted by atomic mass is 9.89. The maximum absolute atomic E-state index is 13.4. The molecule has 0 spiro atoms. The number of hydrogen-bond acceptors (Lipinski definition) is 0. The van der Waals surface area contributed by atoms with E-state index in [0.29, 0.717) is 19.8 Å². The fourth-order valence-electron chi connectivity index (χ4n) is 1.76. The number of alkyl halides is 9. The standard InChI is InChI=1S/C12H17F9/c1-3-4-5-6-7-8(2)9(13,14)10(15,16)11(17,18)12(19,20)21/h8H,3-7H2,1-2H3. The molecule has 0 saturated carbocycles. The van der Waals surface area contributed by atoms with Gasteiger partial charge in [-0.1, -0.05) is 39.5 Å². The third kappa shape index (κ3) is 3.97. The lowest BCUT2D eigenvalue weighted by Gasteiger charge is -2.36. The fraction of sp³-hybridized carbons (Fsp3) is 1.00. The highest BCUT2D eigenvalue weighted by molar-refractivity contribution is 5.02. The average Bonchev–Trinajstić information content (AvgIpc) is 2.32. The van der Waals surface area contributed by atoms with Crippen LogP contribution >= 0.6 is 0 Å². The van der Waals surface area contributed by atoms with Crippen molar-refractivity contribution in [3.05, 3.63) is 0 Å². The molecule has 9 heteroatoms. The first-order chi connectivity index (χ1) is 9.23. The molecule has 128 valence electrons. The maximum Gasteiger partial charge on any atom is 0.460 e. The number of rotatable bonds is 8. The van der Waals surface area contributed by atoms with Gasteiger partial charge in [0.15, 0.2) is 0 Å². The van der Waals surface area contributed by atoms with Gasteiger partial charge in [-0.25, -0.2) is 0 Å². The van der Waals surface area contributed by atoms with E-state index in [2.05, 4.69) is 0 Å². The maximum atomic E-state index is 13.4. The van der Waals surface area contributed by atoms with Crippen LogP contribution in [0, 0.1) is 5.92 Å². The third-order valence-corrected chi connectivity index (χ3v) is 3.28. The second kappa shape index (κ2) is 6.64. The van der Waals surface area contributed by atoms with Gasteiger partial charge in [-0.15, -0.1) is 0 Å². The van der Waals surface area contributed by atoms with Gasteiger partial charge in [-0.2, -0.15) is 39.5 Å². The van der Waals surface area contributed by atoms with Crippen LogP contribution in [0.1, 0.15) is 46.0 Å². The Morgan fingerprint density at radius 1 is 0.714 bits per heavy atom. The van der Waals surface area contributed by atoms with E-state index >= 15 is 0 Å². The second-order valence-electron chi connectivity index (χ2n) is 5.02. The van der Waals surface area contributed by atoms with Crippen molar-refractivity contribution in [1.29, 1.82) is 0 Å². The molecule has 0 aliphatic heterocycles. The van der Waals surface area contributed by atoms with Gasteiger partial charge in [0.05, 0.1) is 0 Å². The van der Waals surface area contributed by atoms with Crippen LogP contribution in [0.4, 0.5) is 39.5 Å². The van der Waals surface area contributed by atoms with Crippen molar-refractivity contribution in [3.63, 3.8) is 0 Å². The summed E-state index contributed by atoms with van der Waals surface area (Å²) in [5.41, 5.74) is 0. The number of halogens is 9. The summed E-state index contributed by atoms with van der Waals surface area (Å²) < 4.78 is 114. The largest absolute Gasteiger partial charge is 0.460 e. The summed E-state index contributed by atoms with van der Waals surface area (Å²) in [6, 6.07) is 0. The van der Waals surface area contributed by atoms with Crippen molar-refractivity contribution in [1.82, 2.24) is 0 Å². The van der Waals surface area contributed by atoms with Gasteiger partial charge in [-0.3, -0.25) is 0 Å². The molecule has 1 unspecified atom stereocenters. The Kier molecular flexibility index (Phi) is 6.44. The van der Waals surface area contributed by atoms with E-state index in [1.54, 1.807) is 6.92 Å². The van der Waals surface area contributed by atoms with Crippen LogP contribution in [0.3, 0.4) is 0 Å². The molecule has 0 aromatic heterocycles. The molecule has 0 amide bonds. The van der Waals surface area contributed by atoms with E-state index in [0.717, 1.165) is 6.42 Å². The minimum absolute atomic E-state index is 0.0538. The first-order valence-electron chi connectivity index (χ1n) is 6.43. The highest BCUT2D eigenvalue weighted by atomic mass is 19.4. The van der Waals surface area contributed by atoms with Crippen molar-refractivity contribution in [2.24, 2.45) is 5.92 Å². The molecule has 0 nitrogen and oxygen atoms in total. The Morgan fingerprint density at radius 3 is 1.57 bits per heavy atom. The Bertz CT molecular complexity index is 319. The molecular weight excluding hydrogens is 315 g/mol. The molecule has 0 aromatic carbocycles. The Morgan fingerprint density at radius 2 is 1.19 bits per heavy atom. The summed E-state index contributed by atoms with van der Waals surface area (Å²) in [6.45, 7) is 2.35. The van der Waals surface area contributed by atoms with Crippen LogP contribution in [0.15, 0.2) is 0 Å². The summed E-state index contributed by atoms with van der Waals surface area (Å²) >= 11 is 0. The number of unbranched alkanes of at least 4 members (excludes halogenated alkanes) is 3. The molecular formula is C12H17F9. The van der Waals surface area contributed by atoms with E-state index in [9.17, 15) is 39.5 Å². The summed E-state index contributed by atoms with van der Waals surface area (Å²) in [4.78, 5) is 0. The molecule has 1 atom stereocenters. The van der Waals surface area contributed by atoms with Crippen LogP contribution < -0.4 is 0 Å². The highest BCUT2D eigenvalue weighted by Crippen LogP contribution is 2.55. The predicted molar refractivity (Wildman–Crippen MR) is 58.8 cm³/mol. The lowest BCUT2D eigenvalue weighted by Crippen LogP contribution is -2.62. The molecule has 0 aliphatic carbocycles. The van der Waals surface area contributed by atoms with Crippen LogP contribution in [-0.2, 0) is 0 Å². The first-order valence-corrected chi connectivity index (χ1v) is 6.43. The van der Waals surface area contributed by atoms with Crippen molar-refractivity contribution >= 4 is 0 Å². The van der Waals surface area contributed by atoms with Crippen molar-refractivity contribution in [2.75, 3.05) is 0 Å². The number of hydrogen-bond donors (Lipinski definition) is 0. The minimum atomic E-state index is -6.79. The molecule has 0 bridgehead atoms. The molecule has 0 radical (unpaired) electrons. The van der Waals surface area contributed by atoms with Gasteiger partial charge in [0.1, 0.15) is 0 Å². The van der Waals surface area contributed by atoms with E-state index in [4.69, 9.17) is 0 Å². The SMILES string of the molecule is CCCCCCC(C)C(F)(F)C(F)(F)C(F)(F)C(F)(F)F. The molecule has 0 fully saturated rings. The zero-order chi connectivity index (χ0) is 17.1. The normalized spacial score (nSPS) is 16.1. The highest BCUT2D eigenvalue weighted by Gasteiger charge is 2.82. The van der Waals surface area contributed by atoms with Gasteiger partial charge < -0.3 is 0 Å². The third-order valence-electron chi connectivity index (χ3n) is 3.28. The quantitative estimate of drug-likeness (QED) is 0.374. The summed E-state index contributed by atoms with van der Waals surface area (Å²) in [5, 5.41) is 0. The average molecular weight is 332 g/mol. The van der Waals surface area contributed by atoms with Crippen LogP contribution in [0.2, 0.25) is 0 Å². The van der Waals surface area contributed by atoms with Gasteiger partial charge in [-0.05, 0) is 6.42 Å². The van der Waals surface area contributed by atoms with Gasteiger partial charge in [0, 0.05) is 5.92 Å². The summed E-state index contributed by atoms with van der Waals surface area (Å²) in [7, 11) is 0. The summed E-state index contributed by atoms with van der Waals surface area (Å²) in [6.07, 6.45) is -5.48. The Hall–Kier alpha value is -0.630. The second-order valence-corrected chi connectivity index (χ2v) is 5.02. The molecule has 21 heavy (non-hydrogen) atoms. The molecule has 0 heterocycles. The van der Waals surface area contributed by atoms with Gasteiger partial charge in [0.2, 0.25) is 0 Å². The van der Waals surface area contributed by atoms with Gasteiger partial charge >= 0.3 is 23.9 Å². The van der Waals surface area contributed by atoms with E-state index in [1.165, 1.54) is 0 Å². The molecule has 0 rings (SSSR count). The van der Waals surface area contributed by atoms with Crippen LogP contribution in [-0.4, -0.2) is 23.9 Å². The monoisotopic (exact) mass is 332 g/mol. The smallest absolute Gasteiger partial charge is 0.199 e. The minimum Gasteiger partial charge on any atom is -0.199 e. The Balaban J connectivity index is 5.10. The van der Waals surface area contributed by atoms with Crippen LogP contribution in [0.25, 0.3) is 0 Å². The fourth-order valence-corrected chi connectivity index (χ4v) is 1.76. The van der Waals surface area contributed by atoms with E-state index < -0.39 is 36.3 Å². The topological polar surface area (TPSA) is 0 Å². The summed E-state index contributed by atoms with van der Waals surface area (Å²) in [5.74, 6) is -21.0. The zero-order valence-corrected chi connectivity index (χ0v) is 11.5. The zero-order valence-electron chi connectivity index (χ0n) is 11.5. The van der Waals surface area contributed by atoms with Crippen molar-refractivity contribution < 1.29 is 39.5 Å². The van der Waals surface area contributed by atoms with Crippen molar-refractivity contribution in [3.8, 4) is 0 Å². The Labute approximate surface area is 116 Å². The molecule has 0 aromatic rings. The molecule has 0 aliphatic rings. The predicted octanol–water partition coefficient (Wildman–Crippen LogP) is 6.06. The lowest BCUT2D eigenvalue weighted by molar-refractivity contribution is -0.402.